The van der Waals surface area contributed by atoms with Crippen LogP contribution in [0.15, 0.2) is 18.3 Å². The molecule has 0 amide bonds. The molecule has 20 heavy (non-hydrogen) atoms. The molecule has 106 valence electrons. The molecule has 3 nitrogen and oxygen atoms in total. The summed E-state index contributed by atoms with van der Waals surface area (Å²) in [4.78, 5) is 10.7. The molecule has 2 fully saturated rings. The van der Waals surface area contributed by atoms with Crippen molar-refractivity contribution in [2.24, 2.45) is 5.92 Å². The van der Waals surface area contributed by atoms with E-state index in [0.29, 0.717) is 0 Å². The normalized spacial score (nSPS) is 24.4. The van der Waals surface area contributed by atoms with Crippen LogP contribution in [-0.2, 0) is 6.54 Å². The van der Waals surface area contributed by atoms with Gasteiger partial charge >= 0.3 is 0 Å². The number of rotatable bonds is 3. The van der Waals surface area contributed by atoms with Gasteiger partial charge in [0.05, 0.1) is 0 Å². The Morgan fingerprint density at radius 1 is 1.35 bits per heavy atom. The number of aromatic amines is 1. The van der Waals surface area contributed by atoms with E-state index in [1.54, 1.807) is 0 Å². The van der Waals surface area contributed by atoms with Crippen molar-refractivity contribution in [3.8, 4) is 0 Å². The van der Waals surface area contributed by atoms with E-state index in [-0.39, 0.29) is 0 Å². The lowest BCUT2D eigenvalue weighted by Crippen LogP contribution is -2.33. The quantitative estimate of drug-likeness (QED) is 0.922. The van der Waals surface area contributed by atoms with Gasteiger partial charge < -0.3 is 4.98 Å². The summed E-state index contributed by atoms with van der Waals surface area (Å²) in [7, 11) is 0. The van der Waals surface area contributed by atoms with Crippen molar-refractivity contribution in [2.75, 3.05) is 13.1 Å². The highest BCUT2D eigenvalue weighted by atomic mass is 15.1. The van der Waals surface area contributed by atoms with Gasteiger partial charge in [-0.2, -0.15) is 0 Å². The number of piperidine rings is 1. The van der Waals surface area contributed by atoms with Crippen molar-refractivity contribution < 1.29 is 0 Å². The Morgan fingerprint density at radius 3 is 3.05 bits per heavy atom. The largest absolute Gasteiger partial charge is 0.343 e. The van der Waals surface area contributed by atoms with Gasteiger partial charge in [0.15, 0.2) is 0 Å². The van der Waals surface area contributed by atoms with Gasteiger partial charge in [-0.05, 0) is 61.8 Å². The van der Waals surface area contributed by atoms with Crippen LogP contribution in [0.25, 0.3) is 11.0 Å². The number of aromatic nitrogens is 2. The van der Waals surface area contributed by atoms with Crippen molar-refractivity contribution in [2.45, 2.75) is 45.1 Å². The second-order valence-electron chi connectivity index (χ2n) is 6.67. The van der Waals surface area contributed by atoms with Crippen LogP contribution in [-0.4, -0.2) is 28.0 Å². The maximum atomic E-state index is 4.51. The summed E-state index contributed by atoms with van der Waals surface area (Å²) < 4.78 is 0. The van der Waals surface area contributed by atoms with Crippen molar-refractivity contribution >= 4 is 11.0 Å². The SMILES string of the molecule is C[C@@H]1CCCN(Cc2c(C3CC3)[nH]c3ncccc23)C1. The van der Waals surface area contributed by atoms with E-state index in [1.165, 1.54) is 55.4 Å². The second kappa shape index (κ2) is 4.88. The smallest absolute Gasteiger partial charge is 0.137 e. The molecule has 4 rings (SSSR count). The van der Waals surface area contributed by atoms with Gasteiger partial charge in [0.2, 0.25) is 0 Å². The van der Waals surface area contributed by atoms with E-state index in [2.05, 4.69) is 33.9 Å². The molecular formula is C17H23N3. The maximum absolute atomic E-state index is 4.51. The Labute approximate surface area is 120 Å². The average Bonchev–Trinajstić information content (AvgIpc) is 3.23. The highest BCUT2D eigenvalue weighted by Gasteiger charge is 2.30. The summed E-state index contributed by atoms with van der Waals surface area (Å²) in [6, 6.07) is 4.29. The first-order valence-electron chi connectivity index (χ1n) is 7.99. The molecule has 0 aromatic carbocycles. The Kier molecular flexibility index (Phi) is 3.03. The molecular weight excluding hydrogens is 246 g/mol. The van der Waals surface area contributed by atoms with Crippen LogP contribution >= 0.6 is 0 Å². The Balaban J connectivity index is 1.68. The number of hydrogen-bond donors (Lipinski definition) is 1. The second-order valence-corrected chi connectivity index (χ2v) is 6.67. The van der Waals surface area contributed by atoms with Crippen LogP contribution in [0.1, 0.15) is 49.8 Å². The van der Waals surface area contributed by atoms with E-state index >= 15 is 0 Å². The molecule has 2 aliphatic rings. The van der Waals surface area contributed by atoms with Gasteiger partial charge in [0, 0.05) is 30.4 Å². The summed E-state index contributed by atoms with van der Waals surface area (Å²) in [6.45, 7) is 5.98. The van der Waals surface area contributed by atoms with E-state index < -0.39 is 0 Å². The molecule has 1 N–H and O–H groups in total. The van der Waals surface area contributed by atoms with Crippen molar-refractivity contribution in [1.82, 2.24) is 14.9 Å². The van der Waals surface area contributed by atoms with E-state index in [9.17, 15) is 0 Å². The summed E-state index contributed by atoms with van der Waals surface area (Å²) in [6.07, 6.45) is 7.32. The predicted molar refractivity (Wildman–Crippen MR) is 81.7 cm³/mol. The van der Waals surface area contributed by atoms with Gasteiger partial charge in [-0.15, -0.1) is 0 Å². The molecule has 1 saturated carbocycles. The van der Waals surface area contributed by atoms with Gasteiger partial charge in [-0.25, -0.2) is 4.98 Å². The van der Waals surface area contributed by atoms with Gasteiger partial charge in [-0.1, -0.05) is 6.92 Å². The van der Waals surface area contributed by atoms with Crippen molar-refractivity contribution in [3.63, 3.8) is 0 Å². The molecule has 0 unspecified atom stereocenters. The molecule has 1 atom stereocenters. The molecule has 0 spiro atoms. The summed E-state index contributed by atoms with van der Waals surface area (Å²) in [5.74, 6) is 1.61. The zero-order valence-electron chi connectivity index (χ0n) is 12.2. The standard InChI is InChI=1S/C17H23N3/c1-12-4-3-9-20(10-12)11-15-14-5-2-8-18-17(14)19-16(15)13-6-7-13/h2,5,8,12-13H,3-4,6-7,9-11H2,1H3,(H,18,19)/t12-/m1/s1. The van der Waals surface area contributed by atoms with Gasteiger partial charge in [-0.3, -0.25) is 4.90 Å². The van der Waals surface area contributed by atoms with E-state index in [1.807, 2.05) is 6.20 Å². The number of nitrogens with one attached hydrogen (secondary N) is 1. The van der Waals surface area contributed by atoms with Crippen LogP contribution in [0, 0.1) is 5.92 Å². The zero-order valence-corrected chi connectivity index (χ0v) is 12.2. The van der Waals surface area contributed by atoms with Crippen LogP contribution in [0.2, 0.25) is 0 Å². The monoisotopic (exact) mass is 269 g/mol. The maximum Gasteiger partial charge on any atom is 0.137 e. The molecule has 1 aliphatic carbocycles. The lowest BCUT2D eigenvalue weighted by molar-refractivity contribution is 0.177. The number of fused-ring (bicyclic) bond motifs is 1. The molecule has 3 heteroatoms. The fraction of sp³-hybridized carbons (Fsp3) is 0.588. The van der Waals surface area contributed by atoms with Crippen LogP contribution < -0.4 is 0 Å². The Hall–Kier alpha value is -1.35. The third-order valence-electron chi connectivity index (χ3n) is 4.82. The highest BCUT2D eigenvalue weighted by Crippen LogP contribution is 2.43. The van der Waals surface area contributed by atoms with Crippen molar-refractivity contribution in [1.29, 1.82) is 0 Å². The number of H-pyrrole nitrogens is 1. The van der Waals surface area contributed by atoms with Crippen LogP contribution in [0.4, 0.5) is 0 Å². The summed E-state index contributed by atoms with van der Waals surface area (Å²) in [5, 5.41) is 1.34. The topological polar surface area (TPSA) is 31.9 Å². The minimum Gasteiger partial charge on any atom is -0.343 e. The Bertz CT molecular complexity index is 612. The van der Waals surface area contributed by atoms with E-state index in [4.69, 9.17) is 0 Å². The first-order valence-corrected chi connectivity index (χ1v) is 7.99. The fourth-order valence-electron chi connectivity index (χ4n) is 3.64. The number of nitrogens with zero attached hydrogens (tertiary/aromatic N) is 2. The third kappa shape index (κ3) is 2.24. The number of likely N-dealkylation sites (tertiary alicyclic amines) is 1. The third-order valence-corrected chi connectivity index (χ3v) is 4.82. The minimum absolute atomic E-state index is 0.765. The highest BCUT2D eigenvalue weighted by molar-refractivity contribution is 5.81. The lowest BCUT2D eigenvalue weighted by Gasteiger charge is -2.31. The first kappa shape index (κ1) is 12.4. The molecule has 1 aliphatic heterocycles. The predicted octanol–water partition coefficient (Wildman–Crippen LogP) is 3.67. The molecule has 1 saturated heterocycles. The lowest BCUT2D eigenvalue weighted by atomic mass is 9.99. The first-order chi connectivity index (χ1) is 9.81. The van der Waals surface area contributed by atoms with Gasteiger partial charge in [0.25, 0.3) is 0 Å². The molecule has 3 heterocycles. The molecule has 0 radical (unpaired) electrons. The van der Waals surface area contributed by atoms with E-state index in [0.717, 1.165) is 24.0 Å². The zero-order chi connectivity index (χ0) is 13.5. The molecule has 0 bridgehead atoms. The Morgan fingerprint density at radius 2 is 2.25 bits per heavy atom. The fourth-order valence-corrected chi connectivity index (χ4v) is 3.64. The summed E-state index contributed by atoms with van der Waals surface area (Å²) >= 11 is 0. The average molecular weight is 269 g/mol. The summed E-state index contributed by atoms with van der Waals surface area (Å²) in [5.41, 5.74) is 4.07. The molecule has 2 aromatic rings. The van der Waals surface area contributed by atoms with Crippen LogP contribution in [0.3, 0.4) is 0 Å². The minimum atomic E-state index is 0.765. The van der Waals surface area contributed by atoms with Crippen molar-refractivity contribution in [3.05, 3.63) is 29.6 Å². The van der Waals surface area contributed by atoms with Gasteiger partial charge in [0.1, 0.15) is 5.65 Å². The molecule has 2 aromatic heterocycles. The van der Waals surface area contributed by atoms with Crippen LogP contribution in [0.5, 0.6) is 0 Å². The number of pyridine rings is 1. The number of hydrogen-bond acceptors (Lipinski definition) is 2.